The number of rotatable bonds is 7. The van der Waals surface area contributed by atoms with E-state index in [9.17, 15) is 8.42 Å². The second kappa shape index (κ2) is 7.06. The molecule has 114 valence electrons. The molecule has 0 fully saturated rings. The van der Waals surface area contributed by atoms with Gasteiger partial charge >= 0.3 is 0 Å². The molecule has 0 spiro atoms. The fourth-order valence-electron chi connectivity index (χ4n) is 2.07. The van der Waals surface area contributed by atoms with Crippen molar-refractivity contribution >= 4 is 15.9 Å². The largest absolute Gasteiger partial charge is 0.398 e. The molecule has 0 heterocycles. The van der Waals surface area contributed by atoms with Gasteiger partial charge in [-0.2, -0.15) is 17.0 Å². The maximum Gasteiger partial charge on any atom is 0.282 e. The number of nitrogens with two attached hydrogens (primary N) is 1. The van der Waals surface area contributed by atoms with E-state index in [1.165, 1.54) is 8.61 Å². The van der Waals surface area contributed by atoms with Crippen LogP contribution < -0.4 is 5.73 Å². The van der Waals surface area contributed by atoms with E-state index in [-0.39, 0.29) is 6.04 Å². The van der Waals surface area contributed by atoms with E-state index < -0.39 is 10.2 Å². The predicted molar refractivity (Wildman–Crippen MR) is 83.4 cm³/mol. The van der Waals surface area contributed by atoms with Gasteiger partial charge in [0.25, 0.3) is 10.2 Å². The maximum atomic E-state index is 12.7. The summed E-state index contributed by atoms with van der Waals surface area (Å²) in [6.07, 6.45) is 0. The second-order valence-corrected chi connectivity index (χ2v) is 6.81. The van der Waals surface area contributed by atoms with Crippen molar-refractivity contribution in [1.29, 1.82) is 0 Å². The Kier molecular flexibility index (Phi) is 5.98. The third-order valence-corrected chi connectivity index (χ3v) is 5.60. The van der Waals surface area contributed by atoms with E-state index in [0.717, 1.165) is 5.56 Å². The molecule has 0 bridgehead atoms. The quantitative estimate of drug-likeness (QED) is 0.784. The lowest BCUT2D eigenvalue weighted by Crippen LogP contribution is -2.46. The highest BCUT2D eigenvalue weighted by Gasteiger charge is 2.30. The van der Waals surface area contributed by atoms with Crippen LogP contribution in [0.15, 0.2) is 24.3 Å². The third-order valence-electron chi connectivity index (χ3n) is 3.29. The van der Waals surface area contributed by atoms with Gasteiger partial charge in [-0.15, -0.1) is 0 Å². The first-order valence-corrected chi connectivity index (χ1v) is 8.34. The zero-order valence-corrected chi connectivity index (χ0v) is 13.5. The van der Waals surface area contributed by atoms with Gasteiger partial charge in [-0.25, -0.2) is 0 Å². The van der Waals surface area contributed by atoms with E-state index in [0.29, 0.717) is 25.3 Å². The van der Waals surface area contributed by atoms with Gasteiger partial charge in [0.1, 0.15) is 0 Å². The summed E-state index contributed by atoms with van der Waals surface area (Å²) in [6.45, 7) is 8.66. The number of hydrogen-bond acceptors (Lipinski definition) is 3. The number of nitrogen functional groups attached to an aromatic ring is 1. The Balaban J connectivity index is 3.10. The first-order chi connectivity index (χ1) is 9.34. The molecule has 0 aromatic heterocycles. The zero-order chi connectivity index (χ0) is 15.3. The number of hydrogen-bond donors (Lipinski definition) is 1. The molecule has 0 aliphatic carbocycles. The monoisotopic (exact) mass is 299 g/mol. The minimum absolute atomic E-state index is 0.125. The van der Waals surface area contributed by atoms with Crippen molar-refractivity contribution in [2.45, 2.75) is 40.3 Å². The van der Waals surface area contributed by atoms with Crippen molar-refractivity contribution in [2.24, 2.45) is 0 Å². The van der Waals surface area contributed by atoms with Gasteiger partial charge in [0.15, 0.2) is 0 Å². The molecule has 0 amide bonds. The number of anilines is 1. The first kappa shape index (κ1) is 16.9. The summed E-state index contributed by atoms with van der Waals surface area (Å²) in [5, 5.41) is 0. The summed E-state index contributed by atoms with van der Waals surface area (Å²) in [5.41, 5.74) is 7.37. The van der Waals surface area contributed by atoms with E-state index in [1.807, 2.05) is 45.9 Å². The summed E-state index contributed by atoms with van der Waals surface area (Å²) in [4.78, 5) is 0. The van der Waals surface area contributed by atoms with Gasteiger partial charge < -0.3 is 5.73 Å². The van der Waals surface area contributed by atoms with Crippen molar-refractivity contribution in [3.8, 4) is 0 Å². The van der Waals surface area contributed by atoms with Gasteiger partial charge in [0.2, 0.25) is 0 Å². The van der Waals surface area contributed by atoms with Gasteiger partial charge in [-0.1, -0.05) is 32.0 Å². The first-order valence-electron chi connectivity index (χ1n) is 6.94. The van der Waals surface area contributed by atoms with E-state index in [4.69, 9.17) is 5.73 Å². The normalized spacial score (nSPS) is 12.6. The van der Waals surface area contributed by atoms with Gasteiger partial charge in [-0.3, -0.25) is 0 Å². The van der Waals surface area contributed by atoms with Gasteiger partial charge in [0, 0.05) is 31.4 Å². The molecule has 20 heavy (non-hydrogen) atoms. The molecule has 0 saturated carbocycles. The fourth-order valence-corrected chi connectivity index (χ4v) is 3.86. The smallest absolute Gasteiger partial charge is 0.282 e. The highest BCUT2D eigenvalue weighted by atomic mass is 32.2. The van der Waals surface area contributed by atoms with Crippen LogP contribution in [0.5, 0.6) is 0 Å². The molecule has 0 atom stereocenters. The van der Waals surface area contributed by atoms with Crippen LogP contribution in [-0.2, 0) is 16.8 Å². The Morgan fingerprint density at radius 3 is 2.15 bits per heavy atom. The van der Waals surface area contributed by atoms with Crippen LogP contribution >= 0.6 is 0 Å². The minimum Gasteiger partial charge on any atom is -0.398 e. The van der Waals surface area contributed by atoms with Crippen molar-refractivity contribution < 1.29 is 8.42 Å². The standard InChI is InChI=1S/C14H25N3O2S/c1-5-16(6-2)20(18,19)17(12(3)4)11-13-9-7-8-10-14(13)15/h7-10,12H,5-6,11,15H2,1-4H3. The molecular formula is C14H25N3O2S. The van der Waals surface area contributed by atoms with E-state index >= 15 is 0 Å². The molecule has 0 unspecified atom stereocenters. The Hall–Kier alpha value is -1.11. The average molecular weight is 299 g/mol. The highest BCUT2D eigenvalue weighted by Crippen LogP contribution is 2.20. The summed E-state index contributed by atoms with van der Waals surface area (Å²) >= 11 is 0. The van der Waals surface area contributed by atoms with E-state index in [1.54, 1.807) is 6.07 Å². The van der Waals surface area contributed by atoms with Crippen molar-refractivity contribution in [3.63, 3.8) is 0 Å². The van der Waals surface area contributed by atoms with Gasteiger partial charge in [-0.05, 0) is 25.5 Å². The van der Waals surface area contributed by atoms with Crippen LogP contribution in [0.2, 0.25) is 0 Å². The molecule has 6 heteroatoms. The van der Waals surface area contributed by atoms with E-state index in [2.05, 4.69) is 0 Å². The molecule has 2 N–H and O–H groups in total. The molecule has 1 rings (SSSR count). The van der Waals surface area contributed by atoms with Crippen LogP contribution in [-0.4, -0.2) is 36.2 Å². The Labute approximate surface area is 122 Å². The highest BCUT2D eigenvalue weighted by molar-refractivity contribution is 7.86. The Bertz CT molecular complexity index is 525. The lowest BCUT2D eigenvalue weighted by Gasteiger charge is -2.31. The Morgan fingerprint density at radius 1 is 1.15 bits per heavy atom. The van der Waals surface area contributed by atoms with Crippen molar-refractivity contribution in [3.05, 3.63) is 29.8 Å². The van der Waals surface area contributed by atoms with Crippen LogP contribution in [0.25, 0.3) is 0 Å². The SMILES string of the molecule is CCN(CC)S(=O)(=O)N(Cc1ccccc1N)C(C)C. The average Bonchev–Trinajstić information content (AvgIpc) is 2.38. The minimum atomic E-state index is -3.47. The Morgan fingerprint density at radius 2 is 1.70 bits per heavy atom. The molecule has 5 nitrogen and oxygen atoms in total. The maximum absolute atomic E-state index is 12.7. The topological polar surface area (TPSA) is 66.6 Å². The number of nitrogens with zero attached hydrogens (tertiary/aromatic N) is 2. The molecular weight excluding hydrogens is 274 g/mol. The molecule has 0 radical (unpaired) electrons. The lowest BCUT2D eigenvalue weighted by atomic mass is 10.2. The summed E-state index contributed by atoms with van der Waals surface area (Å²) in [7, 11) is -3.47. The number of benzene rings is 1. The van der Waals surface area contributed by atoms with Crippen LogP contribution in [0, 0.1) is 0 Å². The molecule has 0 saturated heterocycles. The lowest BCUT2D eigenvalue weighted by molar-refractivity contribution is 0.306. The van der Waals surface area contributed by atoms with Crippen LogP contribution in [0.1, 0.15) is 33.3 Å². The van der Waals surface area contributed by atoms with Crippen LogP contribution in [0.3, 0.4) is 0 Å². The molecule has 1 aromatic rings. The molecule has 0 aliphatic rings. The zero-order valence-electron chi connectivity index (χ0n) is 12.7. The summed E-state index contributed by atoms with van der Waals surface area (Å²) < 4.78 is 28.3. The fraction of sp³-hybridized carbons (Fsp3) is 0.571. The molecule has 0 aliphatic heterocycles. The number of para-hydroxylation sites is 1. The molecule has 1 aromatic carbocycles. The van der Waals surface area contributed by atoms with Crippen LogP contribution in [0.4, 0.5) is 5.69 Å². The predicted octanol–water partition coefficient (Wildman–Crippen LogP) is 2.07. The second-order valence-electron chi connectivity index (χ2n) is 4.93. The van der Waals surface area contributed by atoms with Crippen molar-refractivity contribution in [1.82, 2.24) is 8.61 Å². The third kappa shape index (κ3) is 3.71. The summed E-state index contributed by atoms with van der Waals surface area (Å²) in [5.74, 6) is 0. The van der Waals surface area contributed by atoms with Gasteiger partial charge in [0.05, 0.1) is 0 Å². The van der Waals surface area contributed by atoms with Crippen molar-refractivity contribution in [2.75, 3.05) is 18.8 Å². The summed E-state index contributed by atoms with van der Waals surface area (Å²) in [6, 6.07) is 7.24.